The van der Waals surface area contributed by atoms with E-state index in [1.807, 2.05) is 42.7 Å². The van der Waals surface area contributed by atoms with Gasteiger partial charge in [0.25, 0.3) is 0 Å². The monoisotopic (exact) mass is 346 g/mol. The van der Waals surface area contributed by atoms with Crippen LogP contribution in [0.1, 0.15) is 19.2 Å². The molecule has 1 amide bonds. The number of para-hydroxylation sites is 2. The minimum Gasteiger partial charge on any atom is -0.492 e. The Morgan fingerprint density at radius 2 is 2.21 bits per heavy atom. The van der Waals surface area contributed by atoms with Gasteiger partial charge >= 0.3 is 0 Å². The first-order chi connectivity index (χ1) is 11.7. The van der Waals surface area contributed by atoms with Crippen LogP contribution in [0.3, 0.4) is 0 Å². The molecule has 1 heterocycles. The van der Waals surface area contributed by atoms with Gasteiger partial charge in [-0.15, -0.1) is 16.8 Å². The molecular formula is C17H22N4O2S. The number of carbonyl (C=O) groups is 1. The van der Waals surface area contributed by atoms with Crippen LogP contribution in [0.25, 0.3) is 0 Å². The maximum Gasteiger partial charge on any atom is 0.225 e. The molecule has 128 valence electrons. The van der Waals surface area contributed by atoms with Gasteiger partial charge in [-0.05, 0) is 26.0 Å². The summed E-state index contributed by atoms with van der Waals surface area (Å²) in [6, 6.07) is 7.42. The standard InChI is InChI=1S/C17H22N4O2S/c1-4-11-21-13(3)19-20-17(21)24-12-10-16(22)18-14-8-6-7-9-15(14)23-5-2/h4,6-9H,1,5,10-12H2,2-3H3,(H,18,22). The number of aryl methyl sites for hydroxylation is 1. The Morgan fingerprint density at radius 1 is 1.42 bits per heavy atom. The number of thioether (sulfide) groups is 1. The smallest absolute Gasteiger partial charge is 0.225 e. The molecule has 1 N–H and O–H groups in total. The maximum atomic E-state index is 12.1. The Labute approximate surface area is 146 Å². The predicted octanol–water partition coefficient (Wildman–Crippen LogP) is 3.29. The van der Waals surface area contributed by atoms with E-state index in [1.165, 1.54) is 11.8 Å². The van der Waals surface area contributed by atoms with E-state index in [1.54, 1.807) is 6.08 Å². The van der Waals surface area contributed by atoms with Crippen LogP contribution in [0.15, 0.2) is 42.1 Å². The van der Waals surface area contributed by atoms with Crippen molar-refractivity contribution in [2.45, 2.75) is 32.0 Å². The van der Waals surface area contributed by atoms with E-state index in [9.17, 15) is 4.79 Å². The zero-order valence-corrected chi connectivity index (χ0v) is 14.8. The number of allylic oxidation sites excluding steroid dienone is 1. The number of aromatic nitrogens is 3. The van der Waals surface area contributed by atoms with Crippen molar-refractivity contribution in [3.8, 4) is 5.75 Å². The van der Waals surface area contributed by atoms with Crippen molar-refractivity contribution in [1.82, 2.24) is 14.8 Å². The highest BCUT2D eigenvalue weighted by molar-refractivity contribution is 7.99. The summed E-state index contributed by atoms with van der Waals surface area (Å²) in [5, 5.41) is 11.9. The summed E-state index contributed by atoms with van der Waals surface area (Å²) < 4.78 is 7.48. The first-order valence-electron chi connectivity index (χ1n) is 7.80. The van der Waals surface area contributed by atoms with Crippen molar-refractivity contribution in [3.63, 3.8) is 0 Å². The molecule has 2 aromatic rings. The largest absolute Gasteiger partial charge is 0.492 e. The normalized spacial score (nSPS) is 10.4. The van der Waals surface area contributed by atoms with Gasteiger partial charge in [-0.1, -0.05) is 30.0 Å². The molecule has 1 aromatic heterocycles. The highest BCUT2D eigenvalue weighted by Gasteiger charge is 2.11. The highest BCUT2D eigenvalue weighted by atomic mass is 32.2. The molecule has 0 saturated heterocycles. The summed E-state index contributed by atoms with van der Waals surface area (Å²) in [4.78, 5) is 12.1. The third kappa shape index (κ3) is 4.86. The minimum absolute atomic E-state index is 0.0545. The molecule has 0 atom stereocenters. The second-order valence-electron chi connectivity index (χ2n) is 5.00. The fourth-order valence-electron chi connectivity index (χ4n) is 2.11. The Hall–Kier alpha value is -2.28. The lowest BCUT2D eigenvalue weighted by Crippen LogP contribution is -2.13. The van der Waals surface area contributed by atoms with E-state index in [2.05, 4.69) is 22.1 Å². The van der Waals surface area contributed by atoms with Gasteiger partial charge in [-0.2, -0.15) is 0 Å². The third-order valence-electron chi connectivity index (χ3n) is 3.23. The molecule has 7 heteroatoms. The molecule has 1 aromatic carbocycles. The molecule has 0 saturated carbocycles. The molecule has 0 fully saturated rings. The van der Waals surface area contributed by atoms with Crippen LogP contribution < -0.4 is 10.1 Å². The molecule has 24 heavy (non-hydrogen) atoms. The Bertz CT molecular complexity index is 700. The lowest BCUT2D eigenvalue weighted by atomic mass is 10.3. The van der Waals surface area contributed by atoms with Gasteiger partial charge in [0.2, 0.25) is 5.91 Å². The van der Waals surface area contributed by atoms with Gasteiger partial charge in [0.15, 0.2) is 5.16 Å². The van der Waals surface area contributed by atoms with E-state index in [0.29, 0.717) is 36.8 Å². The number of nitrogens with one attached hydrogen (secondary N) is 1. The van der Waals surface area contributed by atoms with Crippen LogP contribution in [0, 0.1) is 6.92 Å². The number of benzene rings is 1. The van der Waals surface area contributed by atoms with Crippen molar-refractivity contribution in [1.29, 1.82) is 0 Å². The number of hydrogen-bond acceptors (Lipinski definition) is 5. The van der Waals surface area contributed by atoms with Crippen molar-refractivity contribution < 1.29 is 9.53 Å². The van der Waals surface area contributed by atoms with E-state index in [4.69, 9.17) is 4.74 Å². The molecule has 0 aliphatic rings. The van der Waals surface area contributed by atoms with Crippen LogP contribution >= 0.6 is 11.8 Å². The molecular weight excluding hydrogens is 324 g/mol. The number of hydrogen-bond donors (Lipinski definition) is 1. The summed E-state index contributed by atoms with van der Waals surface area (Å²) in [6.07, 6.45) is 2.18. The van der Waals surface area contributed by atoms with Crippen LogP contribution in [0.2, 0.25) is 0 Å². The van der Waals surface area contributed by atoms with Gasteiger partial charge in [0.05, 0.1) is 12.3 Å². The molecule has 0 radical (unpaired) electrons. The van der Waals surface area contributed by atoms with Crippen molar-refractivity contribution >= 4 is 23.4 Å². The molecule has 2 rings (SSSR count). The van der Waals surface area contributed by atoms with Crippen LogP contribution in [-0.2, 0) is 11.3 Å². The first kappa shape index (κ1) is 18.1. The minimum atomic E-state index is -0.0545. The van der Waals surface area contributed by atoms with Crippen LogP contribution in [0.4, 0.5) is 5.69 Å². The number of anilines is 1. The van der Waals surface area contributed by atoms with Crippen LogP contribution in [-0.4, -0.2) is 33.0 Å². The third-order valence-corrected chi connectivity index (χ3v) is 4.20. The summed E-state index contributed by atoms with van der Waals surface area (Å²) in [5.41, 5.74) is 0.694. The van der Waals surface area contributed by atoms with Gasteiger partial charge in [-0.25, -0.2) is 0 Å². The van der Waals surface area contributed by atoms with Crippen molar-refractivity contribution in [3.05, 3.63) is 42.7 Å². The summed E-state index contributed by atoms with van der Waals surface area (Å²) in [5.74, 6) is 2.09. The lowest BCUT2D eigenvalue weighted by molar-refractivity contribution is -0.115. The number of rotatable bonds is 9. The number of amides is 1. The predicted molar refractivity (Wildman–Crippen MR) is 96.5 cm³/mol. The maximum absolute atomic E-state index is 12.1. The zero-order chi connectivity index (χ0) is 17.4. The molecule has 6 nitrogen and oxygen atoms in total. The fraction of sp³-hybridized carbons (Fsp3) is 0.353. The van der Waals surface area contributed by atoms with Gasteiger partial charge < -0.3 is 14.6 Å². The molecule has 0 unspecified atom stereocenters. The highest BCUT2D eigenvalue weighted by Crippen LogP contribution is 2.24. The Balaban J connectivity index is 1.87. The second kappa shape index (κ2) is 9.12. The van der Waals surface area contributed by atoms with Gasteiger partial charge in [0, 0.05) is 18.7 Å². The average Bonchev–Trinajstić information content (AvgIpc) is 2.91. The second-order valence-corrected chi connectivity index (χ2v) is 6.07. The number of nitrogens with zero attached hydrogens (tertiary/aromatic N) is 3. The van der Waals surface area contributed by atoms with E-state index >= 15 is 0 Å². The number of carbonyl (C=O) groups excluding carboxylic acids is 1. The quantitative estimate of drug-likeness (QED) is 0.557. The summed E-state index contributed by atoms with van der Waals surface area (Å²) >= 11 is 1.51. The van der Waals surface area contributed by atoms with Gasteiger partial charge in [-0.3, -0.25) is 4.79 Å². The Morgan fingerprint density at radius 3 is 2.96 bits per heavy atom. The summed E-state index contributed by atoms with van der Waals surface area (Å²) in [6.45, 7) is 8.77. The lowest BCUT2D eigenvalue weighted by Gasteiger charge is -2.11. The Kier molecular flexibility index (Phi) is 6.87. The molecule has 0 aliphatic heterocycles. The van der Waals surface area contributed by atoms with E-state index in [0.717, 1.165) is 11.0 Å². The topological polar surface area (TPSA) is 69.0 Å². The summed E-state index contributed by atoms with van der Waals surface area (Å²) in [7, 11) is 0. The first-order valence-corrected chi connectivity index (χ1v) is 8.79. The zero-order valence-electron chi connectivity index (χ0n) is 14.0. The van der Waals surface area contributed by atoms with Crippen LogP contribution in [0.5, 0.6) is 5.75 Å². The SMILES string of the molecule is C=CCn1c(C)nnc1SCCC(=O)Nc1ccccc1OCC. The van der Waals surface area contributed by atoms with Crippen molar-refractivity contribution in [2.75, 3.05) is 17.7 Å². The van der Waals surface area contributed by atoms with E-state index in [-0.39, 0.29) is 5.91 Å². The number of ether oxygens (including phenoxy) is 1. The average molecular weight is 346 g/mol. The molecule has 0 bridgehead atoms. The van der Waals surface area contributed by atoms with E-state index < -0.39 is 0 Å². The van der Waals surface area contributed by atoms with Gasteiger partial charge in [0.1, 0.15) is 11.6 Å². The van der Waals surface area contributed by atoms with Crippen molar-refractivity contribution in [2.24, 2.45) is 0 Å². The molecule has 0 aliphatic carbocycles. The fourth-order valence-corrected chi connectivity index (χ4v) is 3.04. The molecule has 0 spiro atoms.